The van der Waals surface area contributed by atoms with E-state index in [9.17, 15) is 25.2 Å². The van der Waals surface area contributed by atoms with Crippen molar-refractivity contribution in [1.29, 1.82) is 0 Å². The van der Waals surface area contributed by atoms with Crippen LogP contribution in [-0.2, 0) is 39.6 Å². The molecule has 3 aliphatic rings. The minimum absolute atomic E-state index is 0.0687. The van der Waals surface area contributed by atoms with Crippen LogP contribution in [0.25, 0.3) is 0 Å². The van der Waals surface area contributed by atoms with Gasteiger partial charge in [-0.2, -0.15) is 0 Å². The predicted molar refractivity (Wildman–Crippen MR) is 250 cm³/mol. The van der Waals surface area contributed by atoms with Gasteiger partial charge in [0.25, 0.3) is 0 Å². The Morgan fingerprint density at radius 2 is 1.62 bits per heavy atom. The molecule has 3 fully saturated rings. The Hall–Kier alpha value is -2.61. The molecule has 16 nitrogen and oxygen atoms in total. The number of methoxy groups -OCH3 is 1. The summed E-state index contributed by atoms with van der Waals surface area (Å²) in [6, 6.07) is 8.80. The molecule has 0 spiro atoms. The van der Waals surface area contributed by atoms with Crippen molar-refractivity contribution in [3.05, 3.63) is 47.8 Å². The number of hydrogen-bond acceptors (Lipinski definition) is 15. The first-order valence-corrected chi connectivity index (χ1v) is 24.4. The lowest BCUT2D eigenvalue weighted by Gasteiger charge is -2.47. The van der Waals surface area contributed by atoms with Gasteiger partial charge in [0.1, 0.15) is 23.9 Å². The average Bonchev–Trinajstić information content (AvgIpc) is 3.75. The maximum Gasteiger partial charge on any atom is 0.311 e. The maximum absolute atomic E-state index is 14.4. The van der Waals surface area contributed by atoms with E-state index in [0.717, 1.165) is 17.7 Å². The smallest absolute Gasteiger partial charge is 0.311 e. The molecule has 376 valence electrons. The number of likely N-dealkylation sites (N-methyl/N-ethyl adjacent to an activating group) is 2. The van der Waals surface area contributed by atoms with Crippen molar-refractivity contribution in [2.45, 2.75) is 211 Å². The Labute approximate surface area is 394 Å². The first-order valence-electron chi connectivity index (χ1n) is 24.4. The predicted octanol–water partition coefficient (Wildman–Crippen LogP) is 5.46. The summed E-state index contributed by atoms with van der Waals surface area (Å²) in [5.41, 5.74) is -2.13. The molecule has 0 aliphatic carbocycles. The van der Waals surface area contributed by atoms with E-state index < -0.39 is 83.7 Å². The number of esters is 1. The van der Waals surface area contributed by atoms with Crippen LogP contribution in [-0.4, -0.2) is 164 Å². The van der Waals surface area contributed by atoms with Gasteiger partial charge >= 0.3 is 5.97 Å². The standard InChI is InChI=1S/C50H85N5O11/c1-15-40-50(11,60)45(57)36(8)54(13)28-30(2)25-49(10,59)46(33(5)44(34(6)47(58)64-40)65-42-27-48(9,61-14)26-32(4)63-42)66-41-24-39(23-31(3)62-41)53(12)22-21-38-29-55(52-51-38)35(7)43(56)37-19-17-16-18-20-37/h16-20,29-36,39-46,56-57,59-60H,15,21-28H2,1-14H3/t30-,31-,32+,33+,34-,35-,36-,39+,40-,41+,42+,43+,44+,45-,46-,48+,49-,50-/m1/s1. The maximum atomic E-state index is 14.4. The molecular weight excluding hydrogens is 847 g/mol. The SMILES string of the molecule is CC[C@H]1OC(=O)[C@H](C)[C@@H](O[C@H]2C[C@@](C)(OC)C[C@H](C)O2)[C@H](C)[C@@H](O[C@H]2C[C@@H](N(C)CCc3cn([C@H](C)[C@H](O)c4ccccc4)nn3)C[C@@H](C)O2)[C@](C)(O)C[C@@H](C)CN(C)[C@H](C)[C@@H](O)[C@]1(C)O. The number of ether oxygens (including phenoxy) is 6. The van der Waals surface area contributed by atoms with E-state index in [2.05, 4.69) is 29.2 Å². The van der Waals surface area contributed by atoms with Crippen LogP contribution >= 0.6 is 0 Å². The molecule has 3 saturated heterocycles. The van der Waals surface area contributed by atoms with Gasteiger partial charge in [-0.15, -0.1) is 5.10 Å². The van der Waals surface area contributed by atoms with Gasteiger partial charge in [0.2, 0.25) is 0 Å². The Balaban J connectivity index is 1.42. The number of hydrogen-bond donors (Lipinski definition) is 4. The zero-order valence-electron chi connectivity index (χ0n) is 42.4. The van der Waals surface area contributed by atoms with Crippen molar-refractivity contribution < 1.29 is 53.6 Å². The van der Waals surface area contributed by atoms with Crippen molar-refractivity contribution in [3.8, 4) is 0 Å². The number of aromatic nitrogens is 3. The number of benzene rings is 1. The van der Waals surface area contributed by atoms with Crippen LogP contribution in [0.3, 0.4) is 0 Å². The molecule has 0 saturated carbocycles. The third-order valence-electron chi connectivity index (χ3n) is 15.0. The molecule has 16 heteroatoms. The number of aliphatic hydroxyl groups excluding tert-OH is 2. The van der Waals surface area contributed by atoms with Gasteiger partial charge in [0.05, 0.1) is 53.3 Å². The van der Waals surface area contributed by atoms with E-state index in [4.69, 9.17) is 28.4 Å². The highest BCUT2D eigenvalue weighted by molar-refractivity contribution is 5.73. The van der Waals surface area contributed by atoms with Gasteiger partial charge in [0, 0.05) is 70.1 Å². The molecule has 4 heterocycles. The summed E-state index contributed by atoms with van der Waals surface area (Å²) < 4.78 is 40.7. The van der Waals surface area contributed by atoms with Crippen LogP contribution in [0.5, 0.6) is 0 Å². The Bertz CT molecular complexity index is 1800. The zero-order valence-corrected chi connectivity index (χ0v) is 42.4. The number of cyclic esters (lactones) is 1. The highest BCUT2D eigenvalue weighted by Crippen LogP contribution is 2.40. The summed E-state index contributed by atoms with van der Waals surface area (Å²) in [6.45, 7) is 21.8. The largest absolute Gasteiger partial charge is 0.459 e. The van der Waals surface area contributed by atoms with Gasteiger partial charge in [-0.05, 0) is 100 Å². The Kier molecular flexibility index (Phi) is 18.8. The third-order valence-corrected chi connectivity index (χ3v) is 15.0. The van der Waals surface area contributed by atoms with Crippen molar-refractivity contribution in [1.82, 2.24) is 24.8 Å². The molecule has 0 radical (unpaired) electrons. The lowest BCUT2D eigenvalue weighted by molar-refractivity contribution is -0.292. The number of rotatable bonds is 13. The summed E-state index contributed by atoms with van der Waals surface area (Å²) in [7, 11) is 5.64. The fourth-order valence-corrected chi connectivity index (χ4v) is 10.8. The third kappa shape index (κ3) is 13.4. The van der Waals surface area contributed by atoms with Crippen LogP contribution in [0.4, 0.5) is 0 Å². The summed E-state index contributed by atoms with van der Waals surface area (Å²) in [6.07, 6.45) is -1.16. The van der Waals surface area contributed by atoms with Gasteiger partial charge in [-0.1, -0.05) is 56.3 Å². The first-order chi connectivity index (χ1) is 30.9. The van der Waals surface area contributed by atoms with Crippen molar-refractivity contribution in [2.24, 2.45) is 17.8 Å². The van der Waals surface area contributed by atoms with E-state index >= 15 is 0 Å². The lowest BCUT2D eigenvalue weighted by atomic mass is 9.77. The molecule has 0 amide bonds. The number of aliphatic hydroxyl groups is 4. The second-order valence-corrected chi connectivity index (χ2v) is 21.1. The van der Waals surface area contributed by atoms with Crippen LogP contribution < -0.4 is 0 Å². The van der Waals surface area contributed by atoms with Gasteiger partial charge in [-0.3, -0.25) is 4.79 Å². The van der Waals surface area contributed by atoms with Gasteiger partial charge in [0.15, 0.2) is 12.6 Å². The van der Waals surface area contributed by atoms with Crippen LogP contribution in [0.2, 0.25) is 0 Å². The zero-order chi connectivity index (χ0) is 48.9. The minimum Gasteiger partial charge on any atom is -0.459 e. The summed E-state index contributed by atoms with van der Waals surface area (Å²) in [5.74, 6) is -2.26. The van der Waals surface area contributed by atoms with Crippen LogP contribution in [0.15, 0.2) is 36.5 Å². The molecule has 66 heavy (non-hydrogen) atoms. The number of carbonyl (C=O) groups excluding carboxylic acids is 1. The minimum atomic E-state index is -1.77. The van der Waals surface area contributed by atoms with Gasteiger partial charge < -0.3 is 58.6 Å². The van der Waals surface area contributed by atoms with Crippen molar-refractivity contribution in [3.63, 3.8) is 0 Å². The Morgan fingerprint density at radius 1 is 0.955 bits per heavy atom. The van der Waals surface area contributed by atoms with E-state index in [1.807, 2.05) is 96.9 Å². The number of carbonyl (C=O) groups is 1. The summed E-state index contributed by atoms with van der Waals surface area (Å²) in [4.78, 5) is 18.7. The fourth-order valence-electron chi connectivity index (χ4n) is 10.8. The quantitative estimate of drug-likeness (QED) is 0.185. The summed E-state index contributed by atoms with van der Waals surface area (Å²) >= 11 is 0. The van der Waals surface area contributed by atoms with Crippen molar-refractivity contribution >= 4 is 5.97 Å². The molecule has 18 atom stereocenters. The first kappa shape index (κ1) is 54.3. The second-order valence-electron chi connectivity index (χ2n) is 21.1. The molecule has 5 rings (SSSR count). The highest BCUT2D eigenvalue weighted by atomic mass is 16.7. The second kappa shape index (κ2) is 22.9. The molecule has 1 aromatic carbocycles. The molecule has 0 unspecified atom stereocenters. The lowest BCUT2D eigenvalue weighted by Crippen LogP contribution is -2.59. The van der Waals surface area contributed by atoms with E-state index in [1.165, 1.54) is 6.92 Å². The molecule has 2 aromatic rings. The van der Waals surface area contributed by atoms with Crippen LogP contribution in [0, 0.1) is 17.8 Å². The molecule has 0 bridgehead atoms. The number of nitrogens with zero attached hydrogens (tertiary/aromatic N) is 5. The molecule has 4 N–H and O–H groups in total. The van der Waals surface area contributed by atoms with E-state index in [1.54, 1.807) is 25.6 Å². The molecule has 3 aliphatic heterocycles. The van der Waals surface area contributed by atoms with Crippen molar-refractivity contribution in [2.75, 3.05) is 34.3 Å². The summed E-state index contributed by atoms with van der Waals surface area (Å²) in [5, 5.41) is 56.1. The Morgan fingerprint density at radius 3 is 2.27 bits per heavy atom. The average molecular weight is 932 g/mol. The van der Waals surface area contributed by atoms with Gasteiger partial charge in [-0.25, -0.2) is 4.68 Å². The van der Waals surface area contributed by atoms with E-state index in [0.29, 0.717) is 45.2 Å². The van der Waals surface area contributed by atoms with Crippen LogP contribution in [0.1, 0.15) is 138 Å². The fraction of sp³-hybridized carbons (Fsp3) is 0.820. The molecule has 1 aromatic heterocycles. The van der Waals surface area contributed by atoms with E-state index in [-0.39, 0.29) is 36.6 Å². The molecular formula is C50H85N5O11. The highest BCUT2D eigenvalue weighted by Gasteiger charge is 2.51. The monoisotopic (exact) mass is 932 g/mol. The topological polar surface area (TPSA) is 191 Å². The normalized spacial score (nSPS) is 40.3.